The summed E-state index contributed by atoms with van der Waals surface area (Å²) in [4.78, 5) is 24.8. The van der Waals surface area contributed by atoms with Crippen molar-refractivity contribution in [2.45, 2.75) is 12.8 Å². The van der Waals surface area contributed by atoms with Crippen molar-refractivity contribution in [2.75, 3.05) is 24.1 Å². The van der Waals surface area contributed by atoms with Crippen molar-refractivity contribution in [3.05, 3.63) is 22.7 Å². The Kier molecular flexibility index (Phi) is 3.86. The molecule has 0 bridgehead atoms. The molecule has 0 aliphatic carbocycles. The van der Waals surface area contributed by atoms with Crippen LogP contribution in [-0.2, 0) is 9.59 Å². The van der Waals surface area contributed by atoms with Crippen molar-refractivity contribution in [1.29, 1.82) is 0 Å². The number of carbonyl (C=O) groups is 2. The first-order valence-corrected chi connectivity index (χ1v) is 6.48. The molecule has 2 rings (SSSR count). The zero-order valence-corrected chi connectivity index (χ0v) is 11.4. The van der Waals surface area contributed by atoms with Crippen LogP contribution in [0, 0.1) is 0 Å². The van der Waals surface area contributed by atoms with Gasteiger partial charge in [-0.25, -0.2) is 0 Å². The third kappa shape index (κ3) is 3.01. The first-order valence-electron chi connectivity index (χ1n) is 5.69. The van der Waals surface area contributed by atoms with Gasteiger partial charge in [-0.15, -0.1) is 0 Å². The van der Waals surface area contributed by atoms with Gasteiger partial charge >= 0.3 is 0 Å². The molecule has 0 radical (unpaired) electrons. The molecule has 96 valence electrons. The number of anilines is 2. The number of nitrogens with zero attached hydrogens (tertiary/aromatic N) is 1. The Hall–Kier alpha value is -1.56. The third-order valence-corrected chi connectivity index (χ3v) is 3.43. The van der Waals surface area contributed by atoms with E-state index in [0.717, 1.165) is 10.9 Å². The summed E-state index contributed by atoms with van der Waals surface area (Å²) in [7, 11) is 0. The molecule has 0 unspecified atom stereocenters. The molecule has 1 heterocycles. The number of benzene rings is 1. The zero-order valence-electron chi connectivity index (χ0n) is 9.78. The highest BCUT2D eigenvalue weighted by Crippen LogP contribution is 2.24. The van der Waals surface area contributed by atoms with Gasteiger partial charge in [0.05, 0.1) is 12.2 Å². The Balaban J connectivity index is 1.96. The van der Waals surface area contributed by atoms with Gasteiger partial charge in [-0.1, -0.05) is 0 Å². The van der Waals surface area contributed by atoms with Gasteiger partial charge in [0.1, 0.15) is 0 Å². The summed E-state index contributed by atoms with van der Waals surface area (Å²) < 4.78 is 0.726. The fourth-order valence-electron chi connectivity index (χ4n) is 1.87. The van der Waals surface area contributed by atoms with Gasteiger partial charge in [-0.2, -0.15) is 0 Å². The van der Waals surface area contributed by atoms with Gasteiger partial charge in [0.15, 0.2) is 0 Å². The Morgan fingerprint density at radius 1 is 1.50 bits per heavy atom. The predicted octanol–water partition coefficient (Wildman–Crippen LogP) is 1.59. The smallest absolute Gasteiger partial charge is 0.244 e. The Bertz CT molecular complexity index is 490. The van der Waals surface area contributed by atoms with Crippen LogP contribution in [0.5, 0.6) is 0 Å². The highest BCUT2D eigenvalue weighted by atomic mass is 79.9. The Morgan fingerprint density at radius 2 is 2.28 bits per heavy atom. The molecule has 2 amide bonds. The standard InChI is InChI=1S/C12H14BrN3O2/c13-9-6-8(14)3-4-10(9)15-11(17)7-16-5-1-2-12(16)18/h3-4,6H,1-2,5,7,14H2,(H,15,17). The molecule has 1 aromatic rings. The lowest BCUT2D eigenvalue weighted by atomic mass is 10.3. The minimum absolute atomic E-state index is 0.0431. The van der Waals surface area contributed by atoms with E-state index in [9.17, 15) is 9.59 Å². The van der Waals surface area contributed by atoms with Crippen molar-refractivity contribution in [2.24, 2.45) is 0 Å². The Morgan fingerprint density at radius 3 is 2.89 bits per heavy atom. The number of carbonyl (C=O) groups excluding carboxylic acids is 2. The van der Waals surface area contributed by atoms with E-state index in [-0.39, 0.29) is 18.4 Å². The van der Waals surface area contributed by atoms with Crippen molar-refractivity contribution < 1.29 is 9.59 Å². The molecule has 1 saturated heterocycles. The summed E-state index contributed by atoms with van der Waals surface area (Å²) in [6.45, 7) is 0.769. The predicted molar refractivity (Wildman–Crippen MR) is 73.0 cm³/mol. The summed E-state index contributed by atoms with van der Waals surface area (Å²) in [5.41, 5.74) is 6.89. The molecule has 3 N–H and O–H groups in total. The molecule has 0 spiro atoms. The molecule has 1 aliphatic rings. The quantitative estimate of drug-likeness (QED) is 0.832. The van der Waals surface area contributed by atoms with E-state index in [1.807, 2.05) is 0 Å². The summed E-state index contributed by atoms with van der Waals surface area (Å²) in [6.07, 6.45) is 1.37. The van der Waals surface area contributed by atoms with Crippen molar-refractivity contribution in [3.63, 3.8) is 0 Å². The lowest BCUT2D eigenvalue weighted by Crippen LogP contribution is -2.34. The first kappa shape index (κ1) is 12.9. The second-order valence-electron chi connectivity index (χ2n) is 4.21. The number of likely N-dealkylation sites (tertiary alicyclic amines) is 1. The molecule has 0 atom stereocenters. The number of hydrogen-bond acceptors (Lipinski definition) is 3. The Labute approximate surface area is 113 Å². The molecule has 5 nitrogen and oxygen atoms in total. The van der Waals surface area contributed by atoms with E-state index in [2.05, 4.69) is 21.2 Å². The van der Waals surface area contributed by atoms with Gasteiger partial charge < -0.3 is 16.0 Å². The average molecular weight is 312 g/mol. The minimum Gasteiger partial charge on any atom is -0.399 e. The van der Waals surface area contributed by atoms with Crippen LogP contribution < -0.4 is 11.1 Å². The number of hydrogen-bond donors (Lipinski definition) is 2. The molecule has 18 heavy (non-hydrogen) atoms. The summed E-state index contributed by atoms with van der Waals surface area (Å²) in [5.74, 6) is -0.155. The number of nitrogens with two attached hydrogens (primary N) is 1. The molecule has 1 aromatic carbocycles. The van der Waals surface area contributed by atoms with E-state index >= 15 is 0 Å². The van der Waals surface area contributed by atoms with Gasteiger partial charge in [0.2, 0.25) is 11.8 Å². The van der Waals surface area contributed by atoms with Gasteiger partial charge in [0, 0.05) is 23.1 Å². The topological polar surface area (TPSA) is 75.4 Å². The molecule has 1 aliphatic heterocycles. The highest BCUT2D eigenvalue weighted by Gasteiger charge is 2.22. The second-order valence-corrected chi connectivity index (χ2v) is 5.06. The van der Waals surface area contributed by atoms with Crippen molar-refractivity contribution in [1.82, 2.24) is 4.90 Å². The van der Waals surface area contributed by atoms with E-state index < -0.39 is 0 Å². The number of nitrogens with one attached hydrogen (secondary N) is 1. The average Bonchev–Trinajstić information content (AvgIpc) is 2.69. The summed E-state index contributed by atoms with van der Waals surface area (Å²) >= 11 is 3.32. The first-order chi connectivity index (χ1) is 8.56. The number of rotatable bonds is 3. The van der Waals surface area contributed by atoms with Crippen molar-refractivity contribution >= 4 is 39.1 Å². The maximum atomic E-state index is 11.8. The maximum absolute atomic E-state index is 11.8. The van der Waals surface area contributed by atoms with Crippen LogP contribution in [0.2, 0.25) is 0 Å². The number of halogens is 1. The van der Waals surface area contributed by atoms with Crippen molar-refractivity contribution in [3.8, 4) is 0 Å². The lowest BCUT2D eigenvalue weighted by Gasteiger charge is -2.15. The van der Waals surface area contributed by atoms with Crippen LogP contribution in [0.25, 0.3) is 0 Å². The van der Waals surface area contributed by atoms with Crippen LogP contribution in [0.4, 0.5) is 11.4 Å². The van der Waals surface area contributed by atoms with E-state index in [1.165, 1.54) is 0 Å². The largest absolute Gasteiger partial charge is 0.399 e. The van der Waals surface area contributed by atoms with E-state index in [1.54, 1.807) is 23.1 Å². The minimum atomic E-state index is -0.198. The molecule has 6 heteroatoms. The fourth-order valence-corrected chi connectivity index (χ4v) is 2.36. The van der Waals surface area contributed by atoms with Crippen LogP contribution in [0.15, 0.2) is 22.7 Å². The summed E-state index contributed by atoms with van der Waals surface area (Å²) in [6, 6.07) is 5.15. The summed E-state index contributed by atoms with van der Waals surface area (Å²) in [5, 5.41) is 2.75. The molecular formula is C12H14BrN3O2. The van der Waals surface area contributed by atoms with Gasteiger partial charge in [0.25, 0.3) is 0 Å². The maximum Gasteiger partial charge on any atom is 0.244 e. The third-order valence-electron chi connectivity index (χ3n) is 2.77. The monoisotopic (exact) mass is 311 g/mol. The molecule has 0 saturated carbocycles. The highest BCUT2D eigenvalue weighted by molar-refractivity contribution is 9.10. The SMILES string of the molecule is Nc1ccc(NC(=O)CN2CCCC2=O)c(Br)c1. The molecule has 0 aromatic heterocycles. The van der Waals surface area contributed by atoms with Crippen LogP contribution >= 0.6 is 15.9 Å². The van der Waals surface area contributed by atoms with Crippen LogP contribution in [-0.4, -0.2) is 29.8 Å². The van der Waals surface area contributed by atoms with Gasteiger partial charge in [-0.3, -0.25) is 9.59 Å². The molecular weight excluding hydrogens is 298 g/mol. The number of nitrogen functional groups attached to an aromatic ring is 1. The van der Waals surface area contributed by atoms with Gasteiger partial charge in [-0.05, 0) is 40.5 Å². The van der Waals surface area contributed by atoms with Crippen LogP contribution in [0.1, 0.15) is 12.8 Å². The normalized spacial score (nSPS) is 14.9. The van der Waals surface area contributed by atoms with E-state index in [4.69, 9.17) is 5.73 Å². The lowest BCUT2D eigenvalue weighted by molar-refractivity contribution is -0.131. The molecule has 1 fully saturated rings. The number of amides is 2. The fraction of sp³-hybridized carbons (Fsp3) is 0.333. The van der Waals surface area contributed by atoms with E-state index in [0.29, 0.717) is 24.3 Å². The zero-order chi connectivity index (χ0) is 13.1. The van der Waals surface area contributed by atoms with Crippen LogP contribution in [0.3, 0.4) is 0 Å². The second kappa shape index (κ2) is 5.39.